The van der Waals surface area contributed by atoms with Gasteiger partial charge in [0.1, 0.15) is 5.82 Å². The highest BCUT2D eigenvalue weighted by atomic mass is 16.4. The Morgan fingerprint density at radius 1 is 1.71 bits per heavy atom. The van der Waals surface area contributed by atoms with E-state index in [4.69, 9.17) is 5.11 Å². The molecule has 0 aliphatic carbocycles. The van der Waals surface area contributed by atoms with Gasteiger partial charge in [0.2, 0.25) is 0 Å². The molecule has 0 bridgehead atoms. The molecular weight excluding hydrogens is 182 g/mol. The van der Waals surface area contributed by atoms with Crippen LogP contribution in [0, 0.1) is 0 Å². The Bertz CT molecular complexity index is 331. The molecule has 5 heteroatoms. The first-order chi connectivity index (χ1) is 6.50. The molecule has 0 atom stereocenters. The molecule has 0 aromatic carbocycles. The highest BCUT2D eigenvalue weighted by molar-refractivity contribution is 5.85. The van der Waals surface area contributed by atoms with Gasteiger partial charge in [-0.1, -0.05) is 13.8 Å². The third-order valence-electron chi connectivity index (χ3n) is 1.86. The second kappa shape index (κ2) is 4.23. The smallest absolute Gasteiger partial charge is 0.356 e. The molecule has 2 N–H and O–H groups in total. The zero-order valence-electron chi connectivity index (χ0n) is 8.61. The first-order valence-electron chi connectivity index (χ1n) is 4.49. The van der Waals surface area contributed by atoms with Crippen molar-refractivity contribution < 1.29 is 9.90 Å². The van der Waals surface area contributed by atoms with Crippen molar-refractivity contribution in [3.05, 3.63) is 17.7 Å². The van der Waals surface area contributed by atoms with Crippen LogP contribution in [0.3, 0.4) is 0 Å². The number of aromatic nitrogens is 2. The highest BCUT2D eigenvalue weighted by Crippen LogP contribution is 2.01. The minimum absolute atomic E-state index is 0.0908. The number of aryl methyl sites for hydroxylation is 1. The molecule has 0 aliphatic heterocycles. The van der Waals surface area contributed by atoms with Gasteiger partial charge in [0.15, 0.2) is 5.69 Å². The summed E-state index contributed by atoms with van der Waals surface area (Å²) in [7, 11) is 1.79. The van der Waals surface area contributed by atoms with Gasteiger partial charge < -0.3 is 15.0 Å². The molecule has 0 fully saturated rings. The number of carboxylic acid groups (broad SMARTS) is 1. The second-order valence-electron chi connectivity index (χ2n) is 3.49. The largest absolute Gasteiger partial charge is 0.476 e. The van der Waals surface area contributed by atoms with Gasteiger partial charge in [0, 0.05) is 19.3 Å². The Balaban J connectivity index is 2.72. The molecule has 1 aromatic rings. The number of hydrogen-bond acceptors (Lipinski definition) is 3. The Morgan fingerprint density at radius 3 is 2.79 bits per heavy atom. The van der Waals surface area contributed by atoms with E-state index in [0.29, 0.717) is 12.6 Å². The van der Waals surface area contributed by atoms with E-state index in [9.17, 15) is 4.79 Å². The monoisotopic (exact) mass is 197 g/mol. The van der Waals surface area contributed by atoms with Crippen molar-refractivity contribution in [3.8, 4) is 0 Å². The molecule has 0 unspecified atom stereocenters. The van der Waals surface area contributed by atoms with Crippen molar-refractivity contribution in [2.75, 3.05) is 0 Å². The molecule has 1 heterocycles. The number of nitrogens with zero attached hydrogens (tertiary/aromatic N) is 2. The predicted molar refractivity (Wildman–Crippen MR) is 52.1 cm³/mol. The van der Waals surface area contributed by atoms with Gasteiger partial charge in [0.05, 0.1) is 6.54 Å². The number of carbonyl (C=O) groups is 1. The van der Waals surface area contributed by atoms with Gasteiger partial charge in [-0.25, -0.2) is 9.78 Å². The number of carboxylic acids is 1. The maximum absolute atomic E-state index is 10.6. The summed E-state index contributed by atoms with van der Waals surface area (Å²) in [6, 6.07) is 0.361. The lowest BCUT2D eigenvalue weighted by atomic mass is 10.4. The molecular formula is C9H15N3O2. The van der Waals surface area contributed by atoms with Crippen molar-refractivity contribution in [1.82, 2.24) is 14.9 Å². The first-order valence-corrected chi connectivity index (χ1v) is 4.49. The standard InChI is InChI=1S/C9H15N3O2/c1-6(2)10-4-8-11-7(9(13)14)5-12(8)3/h5-6,10H,4H2,1-3H3,(H,13,14). The fourth-order valence-corrected chi connectivity index (χ4v) is 1.07. The summed E-state index contributed by atoms with van der Waals surface area (Å²) >= 11 is 0. The van der Waals surface area contributed by atoms with Crippen molar-refractivity contribution in [3.63, 3.8) is 0 Å². The van der Waals surface area contributed by atoms with Crippen LogP contribution in [0.15, 0.2) is 6.20 Å². The van der Waals surface area contributed by atoms with E-state index in [2.05, 4.69) is 10.3 Å². The van der Waals surface area contributed by atoms with Gasteiger partial charge in [-0.3, -0.25) is 0 Å². The third-order valence-corrected chi connectivity index (χ3v) is 1.86. The molecule has 0 aliphatic rings. The van der Waals surface area contributed by atoms with Crippen molar-refractivity contribution >= 4 is 5.97 Å². The van der Waals surface area contributed by atoms with Crippen LogP contribution in [0.4, 0.5) is 0 Å². The molecule has 1 rings (SSSR count). The van der Waals surface area contributed by atoms with E-state index in [1.165, 1.54) is 6.20 Å². The molecule has 0 spiro atoms. The number of nitrogens with one attached hydrogen (secondary N) is 1. The summed E-state index contributed by atoms with van der Waals surface area (Å²) in [6.07, 6.45) is 1.51. The lowest BCUT2D eigenvalue weighted by molar-refractivity contribution is 0.0691. The van der Waals surface area contributed by atoms with Crippen LogP contribution in [0.5, 0.6) is 0 Å². The molecule has 0 radical (unpaired) electrons. The number of rotatable bonds is 4. The average Bonchev–Trinajstić information content (AvgIpc) is 2.43. The van der Waals surface area contributed by atoms with E-state index < -0.39 is 5.97 Å². The molecule has 78 valence electrons. The Kier molecular flexibility index (Phi) is 3.24. The molecule has 14 heavy (non-hydrogen) atoms. The number of hydrogen-bond donors (Lipinski definition) is 2. The number of imidazole rings is 1. The van der Waals surface area contributed by atoms with Gasteiger partial charge >= 0.3 is 5.97 Å². The fourth-order valence-electron chi connectivity index (χ4n) is 1.07. The zero-order valence-corrected chi connectivity index (χ0v) is 8.61. The summed E-state index contributed by atoms with van der Waals surface area (Å²) in [6.45, 7) is 4.64. The highest BCUT2D eigenvalue weighted by Gasteiger charge is 2.10. The third kappa shape index (κ3) is 2.56. The van der Waals surface area contributed by atoms with Crippen molar-refractivity contribution in [1.29, 1.82) is 0 Å². The Labute approximate surface area is 82.8 Å². The van der Waals surface area contributed by atoms with Crippen LogP contribution in [0.2, 0.25) is 0 Å². The minimum atomic E-state index is -0.989. The lowest BCUT2D eigenvalue weighted by Gasteiger charge is -2.06. The molecule has 0 saturated carbocycles. The predicted octanol–water partition coefficient (Wildman–Crippen LogP) is 0.616. The molecule has 0 saturated heterocycles. The van der Waals surface area contributed by atoms with Crippen LogP contribution in [-0.2, 0) is 13.6 Å². The van der Waals surface area contributed by atoms with E-state index in [1.807, 2.05) is 13.8 Å². The maximum Gasteiger partial charge on any atom is 0.356 e. The van der Waals surface area contributed by atoms with E-state index in [0.717, 1.165) is 5.82 Å². The van der Waals surface area contributed by atoms with Crippen LogP contribution in [-0.4, -0.2) is 26.7 Å². The Morgan fingerprint density at radius 2 is 2.36 bits per heavy atom. The van der Waals surface area contributed by atoms with Crippen molar-refractivity contribution in [2.45, 2.75) is 26.4 Å². The summed E-state index contributed by atoms with van der Waals surface area (Å²) < 4.78 is 1.72. The van der Waals surface area contributed by atoms with Crippen LogP contribution < -0.4 is 5.32 Å². The Hall–Kier alpha value is -1.36. The SMILES string of the molecule is CC(C)NCc1nc(C(=O)O)cn1C. The average molecular weight is 197 g/mol. The summed E-state index contributed by atoms with van der Waals surface area (Å²) in [5.74, 6) is -0.257. The first kappa shape index (κ1) is 10.7. The zero-order chi connectivity index (χ0) is 10.7. The van der Waals surface area contributed by atoms with Crippen LogP contribution in [0.25, 0.3) is 0 Å². The lowest BCUT2D eigenvalue weighted by Crippen LogP contribution is -2.23. The molecule has 0 amide bonds. The van der Waals surface area contributed by atoms with Gasteiger partial charge in [-0.2, -0.15) is 0 Å². The van der Waals surface area contributed by atoms with Crippen LogP contribution in [0.1, 0.15) is 30.2 Å². The fraction of sp³-hybridized carbons (Fsp3) is 0.556. The topological polar surface area (TPSA) is 67.2 Å². The van der Waals surface area contributed by atoms with Gasteiger partial charge in [-0.05, 0) is 0 Å². The van der Waals surface area contributed by atoms with Gasteiger partial charge in [-0.15, -0.1) is 0 Å². The maximum atomic E-state index is 10.6. The quantitative estimate of drug-likeness (QED) is 0.742. The molecule has 5 nitrogen and oxygen atoms in total. The summed E-state index contributed by atoms with van der Waals surface area (Å²) in [4.78, 5) is 14.6. The van der Waals surface area contributed by atoms with Gasteiger partial charge in [0.25, 0.3) is 0 Å². The van der Waals surface area contributed by atoms with Crippen LogP contribution >= 0.6 is 0 Å². The minimum Gasteiger partial charge on any atom is -0.476 e. The normalized spacial score (nSPS) is 10.9. The second-order valence-corrected chi connectivity index (χ2v) is 3.49. The summed E-state index contributed by atoms with van der Waals surface area (Å²) in [5, 5.41) is 11.9. The van der Waals surface area contributed by atoms with E-state index in [1.54, 1.807) is 11.6 Å². The molecule has 1 aromatic heterocycles. The van der Waals surface area contributed by atoms with E-state index in [-0.39, 0.29) is 5.69 Å². The van der Waals surface area contributed by atoms with Crippen molar-refractivity contribution in [2.24, 2.45) is 7.05 Å². The van der Waals surface area contributed by atoms with E-state index >= 15 is 0 Å². The number of aromatic carboxylic acids is 1. The summed E-state index contributed by atoms with van der Waals surface area (Å²) in [5.41, 5.74) is 0.0908.